The molecule has 4 aromatic rings. The predicted molar refractivity (Wildman–Crippen MR) is 124 cm³/mol. The maximum atomic E-state index is 13.1. The van der Waals surface area contributed by atoms with E-state index in [0.29, 0.717) is 24.0 Å². The molecule has 0 fully saturated rings. The van der Waals surface area contributed by atoms with Gasteiger partial charge in [-0.25, -0.2) is 4.79 Å². The third-order valence-electron chi connectivity index (χ3n) is 6.04. The first-order valence-electron chi connectivity index (χ1n) is 10.8. The number of aryl methyl sites for hydroxylation is 2. The lowest BCUT2D eigenvalue weighted by Gasteiger charge is -2.34. The van der Waals surface area contributed by atoms with E-state index in [9.17, 15) is 4.79 Å². The molecular weight excluding hydrogens is 416 g/mol. The van der Waals surface area contributed by atoms with Gasteiger partial charge in [-0.05, 0) is 49.6 Å². The number of nitrogens with zero attached hydrogens (tertiary/aromatic N) is 3. The number of urea groups is 1. The van der Waals surface area contributed by atoms with Crippen molar-refractivity contribution in [2.24, 2.45) is 0 Å². The molecule has 1 aliphatic rings. The van der Waals surface area contributed by atoms with Gasteiger partial charge in [0.05, 0.1) is 24.4 Å². The summed E-state index contributed by atoms with van der Waals surface area (Å²) in [6.07, 6.45) is 1.60. The average Bonchev–Trinajstić information content (AvgIpc) is 3.51. The van der Waals surface area contributed by atoms with Gasteiger partial charge in [0.1, 0.15) is 5.76 Å². The van der Waals surface area contributed by atoms with E-state index in [4.69, 9.17) is 8.94 Å². The van der Waals surface area contributed by atoms with Crippen molar-refractivity contribution >= 4 is 11.6 Å². The number of allylic oxidation sites excluding steroid dienone is 1. The van der Waals surface area contributed by atoms with Gasteiger partial charge in [-0.15, -0.1) is 0 Å². The average molecular weight is 441 g/mol. The van der Waals surface area contributed by atoms with Crippen molar-refractivity contribution in [3.63, 3.8) is 0 Å². The van der Waals surface area contributed by atoms with Gasteiger partial charge in [-0.1, -0.05) is 53.7 Å². The van der Waals surface area contributed by atoms with Crippen LogP contribution in [0, 0.1) is 13.8 Å². The number of aromatic nitrogens is 2. The Kier molecular flexibility index (Phi) is 5.30. The third-order valence-corrected chi connectivity index (χ3v) is 6.04. The Bertz CT molecular complexity index is 1320. The number of hydrogen-bond acceptors (Lipinski definition) is 5. The van der Waals surface area contributed by atoms with Gasteiger partial charge >= 0.3 is 6.03 Å². The van der Waals surface area contributed by atoms with E-state index in [0.717, 1.165) is 28.0 Å². The molecule has 1 aliphatic heterocycles. The first-order valence-corrected chi connectivity index (χ1v) is 10.8. The molecule has 2 amide bonds. The number of furan rings is 1. The Morgan fingerprint density at radius 1 is 1.00 bits per heavy atom. The van der Waals surface area contributed by atoms with Gasteiger partial charge in [0, 0.05) is 11.3 Å². The molecule has 0 bridgehead atoms. The smallest absolute Gasteiger partial charge is 0.322 e. The van der Waals surface area contributed by atoms with Crippen LogP contribution in [-0.4, -0.2) is 21.1 Å². The summed E-state index contributed by atoms with van der Waals surface area (Å²) in [5.74, 6) is 1.56. The summed E-state index contributed by atoms with van der Waals surface area (Å²) >= 11 is 0. The molecule has 0 saturated carbocycles. The van der Waals surface area contributed by atoms with Crippen molar-refractivity contribution in [2.45, 2.75) is 33.4 Å². The second-order valence-corrected chi connectivity index (χ2v) is 8.18. The molecule has 1 unspecified atom stereocenters. The molecule has 5 rings (SSSR count). The van der Waals surface area contributed by atoms with Crippen LogP contribution < -0.4 is 5.32 Å². The van der Waals surface area contributed by atoms with Crippen LogP contribution in [-0.2, 0) is 6.54 Å². The predicted octanol–water partition coefficient (Wildman–Crippen LogP) is 5.64. The summed E-state index contributed by atoms with van der Waals surface area (Å²) in [6.45, 7) is 6.32. The molecule has 0 saturated heterocycles. The molecule has 0 spiro atoms. The molecule has 3 heterocycles. The number of benzene rings is 2. The number of carbonyl (C=O) groups excluding carboxylic acids is 1. The van der Waals surface area contributed by atoms with Crippen molar-refractivity contribution in [3.8, 4) is 11.4 Å². The Morgan fingerprint density at radius 3 is 2.55 bits per heavy atom. The lowest BCUT2D eigenvalue weighted by Crippen LogP contribution is -2.45. The van der Waals surface area contributed by atoms with Crippen LogP contribution in [0.2, 0.25) is 0 Å². The van der Waals surface area contributed by atoms with Crippen LogP contribution in [0.15, 0.2) is 81.6 Å². The Balaban J connectivity index is 1.62. The zero-order valence-electron chi connectivity index (χ0n) is 18.7. The summed E-state index contributed by atoms with van der Waals surface area (Å²) in [7, 11) is 0. The molecule has 166 valence electrons. The quantitative estimate of drug-likeness (QED) is 0.434. The largest absolute Gasteiger partial charge is 0.467 e. The Morgan fingerprint density at radius 2 is 1.82 bits per heavy atom. The molecule has 0 radical (unpaired) electrons. The van der Waals surface area contributed by atoms with E-state index in [1.165, 1.54) is 5.56 Å². The van der Waals surface area contributed by atoms with Gasteiger partial charge < -0.3 is 14.3 Å². The second kappa shape index (κ2) is 8.43. The van der Waals surface area contributed by atoms with Crippen molar-refractivity contribution < 1.29 is 13.7 Å². The number of rotatable bonds is 5. The zero-order valence-corrected chi connectivity index (χ0v) is 18.7. The van der Waals surface area contributed by atoms with Gasteiger partial charge in [0.15, 0.2) is 0 Å². The van der Waals surface area contributed by atoms with E-state index in [1.807, 2.05) is 49.4 Å². The number of carbonyl (C=O) groups is 1. The molecule has 1 atom stereocenters. The normalized spacial score (nSPS) is 16.3. The van der Waals surface area contributed by atoms with Crippen molar-refractivity contribution in [1.29, 1.82) is 0 Å². The van der Waals surface area contributed by atoms with E-state index in [1.54, 1.807) is 17.2 Å². The van der Waals surface area contributed by atoms with E-state index in [2.05, 4.69) is 41.4 Å². The highest BCUT2D eigenvalue weighted by Crippen LogP contribution is 2.38. The van der Waals surface area contributed by atoms with Crippen LogP contribution in [0.4, 0.5) is 4.79 Å². The fraction of sp³-hybridized carbons (Fsp3) is 0.192. The van der Waals surface area contributed by atoms with Crippen LogP contribution >= 0.6 is 0 Å². The highest BCUT2D eigenvalue weighted by Gasteiger charge is 2.36. The van der Waals surface area contributed by atoms with Gasteiger partial charge in [-0.2, -0.15) is 4.98 Å². The van der Waals surface area contributed by atoms with E-state index < -0.39 is 6.04 Å². The summed E-state index contributed by atoms with van der Waals surface area (Å²) in [5.41, 5.74) is 5.65. The Hall–Kier alpha value is -4.13. The fourth-order valence-corrected chi connectivity index (χ4v) is 4.04. The van der Waals surface area contributed by atoms with Crippen LogP contribution in [0.25, 0.3) is 17.0 Å². The molecule has 0 aliphatic carbocycles. The number of nitrogens with one attached hydrogen (secondary N) is 1. The molecule has 2 aromatic carbocycles. The van der Waals surface area contributed by atoms with Crippen LogP contribution in [0.1, 0.15) is 41.3 Å². The monoisotopic (exact) mass is 440 g/mol. The fourth-order valence-electron chi connectivity index (χ4n) is 4.04. The summed E-state index contributed by atoms with van der Waals surface area (Å²) in [6, 6.07) is 18.9. The SMILES string of the molecule is CC1=C(c2nc(-c3ccccc3)no2)C(c2ccc(C)c(C)c2)NC(=O)N1Cc1ccco1. The molecule has 33 heavy (non-hydrogen) atoms. The Labute approximate surface area is 191 Å². The van der Waals surface area contributed by atoms with Crippen LogP contribution in [0.3, 0.4) is 0 Å². The highest BCUT2D eigenvalue weighted by molar-refractivity contribution is 5.86. The van der Waals surface area contributed by atoms with E-state index in [-0.39, 0.29) is 6.03 Å². The summed E-state index contributed by atoms with van der Waals surface area (Å²) in [4.78, 5) is 19.5. The lowest BCUT2D eigenvalue weighted by atomic mass is 9.92. The van der Waals surface area contributed by atoms with Gasteiger partial charge in [-0.3, -0.25) is 4.90 Å². The van der Waals surface area contributed by atoms with Crippen molar-refractivity contribution in [2.75, 3.05) is 0 Å². The van der Waals surface area contributed by atoms with Crippen LogP contribution in [0.5, 0.6) is 0 Å². The first-order chi connectivity index (χ1) is 16.0. The highest BCUT2D eigenvalue weighted by atomic mass is 16.5. The molecule has 1 N–H and O–H groups in total. The number of amides is 2. The third kappa shape index (κ3) is 3.93. The minimum Gasteiger partial charge on any atom is -0.467 e. The second-order valence-electron chi connectivity index (χ2n) is 8.18. The molecule has 2 aromatic heterocycles. The molecular formula is C26H24N4O3. The summed E-state index contributed by atoms with van der Waals surface area (Å²) in [5, 5.41) is 7.34. The topological polar surface area (TPSA) is 84.4 Å². The first kappa shape index (κ1) is 20.8. The maximum Gasteiger partial charge on any atom is 0.322 e. The minimum atomic E-state index is -0.422. The molecule has 7 heteroatoms. The zero-order chi connectivity index (χ0) is 22.9. The minimum absolute atomic E-state index is 0.210. The standard InChI is InChI=1S/C26H24N4O3/c1-16-11-12-20(14-17(16)2)23-22(25-28-24(29-33-25)19-8-5-4-6-9-19)18(3)30(26(31)27-23)15-21-10-7-13-32-21/h4-14,23H,15H2,1-3H3,(H,27,31). The van der Waals surface area contributed by atoms with Crippen molar-refractivity contribution in [1.82, 2.24) is 20.4 Å². The number of hydrogen-bond donors (Lipinski definition) is 1. The lowest BCUT2D eigenvalue weighted by molar-refractivity contribution is 0.199. The maximum absolute atomic E-state index is 13.1. The molecule has 7 nitrogen and oxygen atoms in total. The summed E-state index contributed by atoms with van der Waals surface area (Å²) < 4.78 is 11.2. The van der Waals surface area contributed by atoms with E-state index >= 15 is 0 Å². The van der Waals surface area contributed by atoms with Gasteiger partial charge in [0.25, 0.3) is 5.89 Å². The van der Waals surface area contributed by atoms with Crippen molar-refractivity contribution in [3.05, 3.63) is 101 Å². The van der Waals surface area contributed by atoms with Gasteiger partial charge in [0.2, 0.25) is 5.82 Å².